The van der Waals surface area contributed by atoms with Crippen molar-refractivity contribution >= 4 is 17.6 Å². The first-order chi connectivity index (χ1) is 15.0. The molecule has 31 heavy (non-hydrogen) atoms. The van der Waals surface area contributed by atoms with Gasteiger partial charge >= 0.3 is 0 Å². The summed E-state index contributed by atoms with van der Waals surface area (Å²) < 4.78 is 10.6. The predicted octanol–water partition coefficient (Wildman–Crippen LogP) is 5.82. The van der Waals surface area contributed by atoms with Crippen molar-refractivity contribution in [3.63, 3.8) is 0 Å². The average Bonchev–Trinajstić information content (AvgIpc) is 2.81. The van der Waals surface area contributed by atoms with Gasteiger partial charge in [-0.1, -0.05) is 61.5 Å². The molecule has 160 valence electrons. The van der Waals surface area contributed by atoms with E-state index in [9.17, 15) is 4.79 Å². The number of aryl methyl sites for hydroxylation is 1. The van der Waals surface area contributed by atoms with Gasteiger partial charge in [0.25, 0.3) is 5.91 Å². The number of carbonyl (C=O) groups excluding carboxylic acids is 1. The Morgan fingerprint density at radius 3 is 2.26 bits per heavy atom. The standard InChI is InChI=1S/C27H29NO3/c1-5-25(22-13-16-26(31-4)19(2)17-22)28-27(29)24(21-9-7-6-8-10-21)18-20-11-14-23(30-3)15-12-20/h6-18,25H,5H2,1-4H3,(H,28,29)/b24-18+. The third kappa shape index (κ3) is 5.54. The first-order valence-electron chi connectivity index (χ1n) is 10.4. The van der Waals surface area contributed by atoms with Crippen LogP contribution in [0.2, 0.25) is 0 Å². The molecule has 1 unspecified atom stereocenters. The van der Waals surface area contributed by atoms with E-state index in [0.29, 0.717) is 5.57 Å². The molecule has 0 fully saturated rings. The Bertz CT molecular complexity index is 1040. The molecule has 4 heteroatoms. The highest BCUT2D eigenvalue weighted by Gasteiger charge is 2.18. The van der Waals surface area contributed by atoms with Gasteiger partial charge in [0.1, 0.15) is 11.5 Å². The third-order valence-corrected chi connectivity index (χ3v) is 5.29. The molecular weight excluding hydrogens is 386 g/mol. The van der Waals surface area contributed by atoms with Gasteiger partial charge < -0.3 is 14.8 Å². The van der Waals surface area contributed by atoms with E-state index in [1.54, 1.807) is 14.2 Å². The second kappa shape index (κ2) is 10.5. The van der Waals surface area contributed by atoms with Crippen LogP contribution in [0.25, 0.3) is 11.6 Å². The summed E-state index contributed by atoms with van der Waals surface area (Å²) in [5.41, 5.74) is 4.53. The Morgan fingerprint density at radius 1 is 0.968 bits per heavy atom. The summed E-state index contributed by atoms with van der Waals surface area (Å²) in [6, 6.07) is 23.3. The first kappa shape index (κ1) is 22.2. The molecule has 1 amide bonds. The highest BCUT2D eigenvalue weighted by molar-refractivity contribution is 6.24. The van der Waals surface area contributed by atoms with Crippen molar-refractivity contribution in [1.82, 2.24) is 5.32 Å². The molecule has 0 radical (unpaired) electrons. The molecule has 4 nitrogen and oxygen atoms in total. The summed E-state index contributed by atoms with van der Waals surface area (Å²) >= 11 is 0. The van der Waals surface area contributed by atoms with Crippen molar-refractivity contribution in [3.05, 3.63) is 95.1 Å². The van der Waals surface area contributed by atoms with Gasteiger partial charge in [-0.05, 0) is 59.9 Å². The minimum atomic E-state index is -0.109. The number of ether oxygens (including phenoxy) is 2. The Balaban J connectivity index is 1.92. The molecular formula is C27H29NO3. The van der Waals surface area contributed by atoms with Crippen LogP contribution in [0.5, 0.6) is 11.5 Å². The number of hydrogen-bond donors (Lipinski definition) is 1. The highest BCUT2D eigenvalue weighted by Crippen LogP contribution is 2.26. The summed E-state index contributed by atoms with van der Waals surface area (Å²) in [5, 5.41) is 3.22. The number of hydrogen-bond acceptors (Lipinski definition) is 3. The van der Waals surface area contributed by atoms with Crippen LogP contribution in [-0.4, -0.2) is 20.1 Å². The maximum absolute atomic E-state index is 13.4. The summed E-state index contributed by atoms with van der Waals surface area (Å²) in [7, 11) is 3.30. The molecule has 0 saturated heterocycles. The lowest BCUT2D eigenvalue weighted by Gasteiger charge is -2.20. The van der Waals surface area contributed by atoms with Crippen LogP contribution in [0.1, 0.15) is 41.6 Å². The van der Waals surface area contributed by atoms with E-state index in [-0.39, 0.29) is 11.9 Å². The molecule has 0 saturated carbocycles. The molecule has 1 N–H and O–H groups in total. The normalized spacial score (nSPS) is 12.2. The number of amides is 1. The third-order valence-electron chi connectivity index (χ3n) is 5.29. The Labute approximate surface area is 184 Å². The van der Waals surface area contributed by atoms with Gasteiger partial charge in [0, 0.05) is 5.57 Å². The van der Waals surface area contributed by atoms with Gasteiger partial charge in [-0.15, -0.1) is 0 Å². The van der Waals surface area contributed by atoms with Crippen LogP contribution in [0.4, 0.5) is 0 Å². The molecule has 1 atom stereocenters. The lowest BCUT2D eigenvalue weighted by molar-refractivity contribution is -0.116. The monoisotopic (exact) mass is 415 g/mol. The van der Waals surface area contributed by atoms with Crippen LogP contribution in [0.15, 0.2) is 72.8 Å². The van der Waals surface area contributed by atoms with Crippen LogP contribution >= 0.6 is 0 Å². The highest BCUT2D eigenvalue weighted by atomic mass is 16.5. The van der Waals surface area contributed by atoms with Crippen molar-refractivity contribution in [3.8, 4) is 11.5 Å². The molecule has 3 aromatic rings. The van der Waals surface area contributed by atoms with Gasteiger partial charge in [-0.2, -0.15) is 0 Å². The number of nitrogens with one attached hydrogen (secondary N) is 1. The van der Waals surface area contributed by atoms with Gasteiger partial charge in [-0.3, -0.25) is 4.79 Å². The molecule has 3 rings (SSSR count). The lowest BCUT2D eigenvalue weighted by Crippen LogP contribution is -2.29. The number of benzene rings is 3. The van der Waals surface area contributed by atoms with E-state index >= 15 is 0 Å². The van der Waals surface area contributed by atoms with Crippen LogP contribution in [0, 0.1) is 6.92 Å². The van der Waals surface area contributed by atoms with Crippen molar-refractivity contribution < 1.29 is 14.3 Å². The van der Waals surface area contributed by atoms with Gasteiger partial charge in [0.2, 0.25) is 0 Å². The zero-order valence-electron chi connectivity index (χ0n) is 18.5. The molecule has 0 aliphatic heterocycles. The molecule has 0 bridgehead atoms. The molecule has 0 spiro atoms. The van der Waals surface area contributed by atoms with Crippen LogP contribution in [-0.2, 0) is 4.79 Å². The maximum Gasteiger partial charge on any atom is 0.252 e. The second-order valence-electron chi connectivity index (χ2n) is 7.36. The molecule has 0 aromatic heterocycles. The summed E-state index contributed by atoms with van der Waals surface area (Å²) in [6.07, 6.45) is 2.69. The van der Waals surface area contributed by atoms with Crippen molar-refractivity contribution in [2.24, 2.45) is 0 Å². The smallest absolute Gasteiger partial charge is 0.252 e. The van der Waals surface area contributed by atoms with Gasteiger partial charge in [-0.25, -0.2) is 0 Å². The second-order valence-corrected chi connectivity index (χ2v) is 7.36. The van der Waals surface area contributed by atoms with Crippen LogP contribution < -0.4 is 14.8 Å². The molecule has 0 aliphatic carbocycles. The van der Waals surface area contributed by atoms with E-state index in [2.05, 4.69) is 18.3 Å². The topological polar surface area (TPSA) is 47.6 Å². The van der Waals surface area contributed by atoms with Crippen molar-refractivity contribution in [2.75, 3.05) is 14.2 Å². The zero-order chi connectivity index (χ0) is 22.2. The van der Waals surface area contributed by atoms with E-state index in [1.165, 1.54) is 0 Å². The number of methoxy groups -OCH3 is 2. The van der Waals surface area contributed by atoms with E-state index in [4.69, 9.17) is 9.47 Å². The fraction of sp³-hybridized carbons (Fsp3) is 0.222. The van der Waals surface area contributed by atoms with Gasteiger partial charge in [0.15, 0.2) is 0 Å². The van der Waals surface area contributed by atoms with Crippen molar-refractivity contribution in [2.45, 2.75) is 26.3 Å². The lowest BCUT2D eigenvalue weighted by atomic mass is 9.98. The Hall–Kier alpha value is -3.53. The summed E-state index contributed by atoms with van der Waals surface area (Å²) in [4.78, 5) is 13.4. The fourth-order valence-electron chi connectivity index (χ4n) is 3.54. The number of rotatable bonds is 8. The van der Waals surface area contributed by atoms with E-state index < -0.39 is 0 Å². The zero-order valence-corrected chi connectivity index (χ0v) is 18.5. The summed E-state index contributed by atoms with van der Waals surface area (Å²) in [5.74, 6) is 1.51. The maximum atomic E-state index is 13.4. The molecule has 0 heterocycles. The molecule has 3 aromatic carbocycles. The van der Waals surface area contributed by atoms with Crippen LogP contribution in [0.3, 0.4) is 0 Å². The number of carbonyl (C=O) groups is 1. The Morgan fingerprint density at radius 2 is 1.68 bits per heavy atom. The van der Waals surface area contributed by atoms with E-state index in [1.807, 2.05) is 79.7 Å². The minimum absolute atomic E-state index is 0.0971. The molecule has 0 aliphatic rings. The largest absolute Gasteiger partial charge is 0.497 e. The minimum Gasteiger partial charge on any atom is -0.497 e. The van der Waals surface area contributed by atoms with Gasteiger partial charge in [0.05, 0.1) is 20.3 Å². The SMILES string of the molecule is CCC(NC(=O)/C(=C/c1ccc(OC)cc1)c1ccccc1)c1ccc(OC)c(C)c1. The quantitative estimate of drug-likeness (QED) is 0.372. The first-order valence-corrected chi connectivity index (χ1v) is 10.4. The van der Waals surface area contributed by atoms with E-state index in [0.717, 1.165) is 40.2 Å². The fourth-order valence-corrected chi connectivity index (χ4v) is 3.54. The summed E-state index contributed by atoms with van der Waals surface area (Å²) in [6.45, 7) is 4.08. The average molecular weight is 416 g/mol. The predicted molar refractivity (Wildman–Crippen MR) is 126 cm³/mol. The Kier molecular flexibility index (Phi) is 7.50. The van der Waals surface area contributed by atoms with Crippen molar-refractivity contribution in [1.29, 1.82) is 0 Å².